The summed E-state index contributed by atoms with van der Waals surface area (Å²) in [7, 11) is 1.56. The molecule has 186 valence electrons. The average molecular weight is 517 g/mol. The first-order valence-corrected chi connectivity index (χ1v) is 10.8. The van der Waals surface area contributed by atoms with Crippen molar-refractivity contribution < 1.29 is 23.4 Å². The molecule has 36 heavy (non-hydrogen) atoms. The quantitative estimate of drug-likeness (QED) is 0.345. The Morgan fingerprint density at radius 1 is 1.19 bits per heavy atom. The average Bonchev–Trinajstić information content (AvgIpc) is 3.29. The summed E-state index contributed by atoms with van der Waals surface area (Å²) in [5.41, 5.74) is -1.94. The fourth-order valence-electron chi connectivity index (χ4n) is 3.28. The minimum atomic E-state index is -3.85. The van der Waals surface area contributed by atoms with E-state index in [9.17, 15) is 18.4 Å². The Balaban J connectivity index is 1.66. The molecule has 10 nitrogen and oxygen atoms in total. The number of pyridine rings is 1. The van der Waals surface area contributed by atoms with Crippen LogP contribution in [0.5, 0.6) is 5.75 Å². The number of carbonyl (C=O) groups excluding carboxylic acids is 1. The number of anilines is 1. The number of amides is 1. The first-order valence-electron chi connectivity index (χ1n) is 10.5. The molecule has 0 bridgehead atoms. The van der Waals surface area contributed by atoms with Crippen molar-refractivity contribution >= 4 is 23.2 Å². The van der Waals surface area contributed by atoms with Gasteiger partial charge in [0, 0.05) is 53.9 Å². The van der Waals surface area contributed by atoms with Gasteiger partial charge in [-0.05, 0) is 30.3 Å². The number of hydrogen-bond acceptors (Lipinski definition) is 7. The lowest BCUT2D eigenvalue weighted by atomic mass is 10.0. The van der Waals surface area contributed by atoms with Crippen molar-refractivity contribution in [3.05, 3.63) is 77.2 Å². The van der Waals surface area contributed by atoms with Crippen molar-refractivity contribution in [2.45, 2.75) is 12.1 Å². The maximum absolute atomic E-state index is 12.9. The molecule has 0 aliphatic rings. The Morgan fingerprint density at radius 2 is 1.94 bits per heavy atom. The Bertz CT molecular complexity index is 1450. The third-order valence-corrected chi connectivity index (χ3v) is 5.06. The van der Waals surface area contributed by atoms with Gasteiger partial charge in [-0.3, -0.25) is 19.3 Å². The summed E-state index contributed by atoms with van der Waals surface area (Å²) in [5, 5.41) is 16.0. The molecule has 0 radical (unpaired) electrons. The highest BCUT2D eigenvalue weighted by atomic mass is 35.5. The zero-order chi connectivity index (χ0) is 25.9. The van der Waals surface area contributed by atoms with Crippen LogP contribution in [0.3, 0.4) is 0 Å². The summed E-state index contributed by atoms with van der Waals surface area (Å²) < 4.78 is 32.7. The van der Waals surface area contributed by atoms with Gasteiger partial charge in [-0.2, -0.15) is 5.10 Å². The van der Waals surface area contributed by atoms with Crippen LogP contribution < -0.4 is 15.6 Å². The third kappa shape index (κ3) is 5.90. The Hall–Kier alpha value is -4.16. The number of nitrogens with zero attached hydrogens (tertiary/aromatic N) is 5. The second-order valence-electron chi connectivity index (χ2n) is 7.59. The highest BCUT2D eigenvalue weighted by Gasteiger charge is 2.27. The van der Waals surface area contributed by atoms with Crippen molar-refractivity contribution in [2.24, 2.45) is 7.05 Å². The van der Waals surface area contributed by atoms with Crippen LogP contribution in [0.25, 0.3) is 22.5 Å². The first kappa shape index (κ1) is 24.9. The normalized spacial score (nSPS) is 11.4. The molecule has 0 atom stereocenters. The van der Waals surface area contributed by atoms with Crippen molar-refractivity contribution in [1.82, 2.24) is 24.3 Å². The van der Waals surface area contributed by atoms with Crippen molar-refractivity contribution in [3.8, 4) is 28.3 Å². The maximum Gasteiger partial charge on any atom is 0.487 e. The predicted molar refractivity (Wildman–Crippen MR) is 127 cm³/mol. The van der Waals surface area contributed by atoms with Crippen LogP contribution in [0.4, 0.5) is 14.5 Å². The molecule has 1 aromatic carbocycles. The standard InChI is InChI=1S/C23H19ClF2N6O4/c1-31-13-28-19(9-20(31)34)18-8-14(10-27-21(18)15-11-29-32(12-15)6-7-33)22(35)30-16-2-4-17(5-3-16)36-23(24,25)26/h2-5,8-13,33H,6-7H2,1H3,(H,30,35). The number of benzene rings is 1. The molecule has 0 saturated heterocycles. The van der Waals surface area contributed by atoms with Gasteiger partial charge in [0.1, 0.15) is 5.75 Å². The van der Waals surface area contributed by atoms with Gasteiger partial charge in [0.2, 0.25) is 0 Å². The maximum atomic E-state index is 12.9. The molecular formula is C23H19ClF2N6O4. The minimum absolute atomic E-state index is 0.0990. The highest BCUT2D eigenvalue weighted by Crippen LogP contribution is 2.30. The Kier molecular flexibility index (Phi) is 7.08. The zero-order valence-electron chi connectivity index (χ0n) is 18.7. The van der Waals surface area contributed by atoms with Crippen LogP contribution in [0.15, 0.2) is 66.1 Å². The van der Waals surface area contributed by atoms with Crippen LogP contribution in [-0.4, -0.2) is 47.5 Å². The Morgan fingerprint density at radius 3 is 2.61 bits per heavy atom. The Labute approximate surface area is 207 Å². The van der Waals surface area contributed by atoms with E-state index >= 15 is 0 Å². The number of alkyl halides is 3. The summed E-state index contributed by atoms with van der Waals surface area (Å²) in [6, 6.07) is 8.06. The van der Waals surface area contributed by atoms with Crippen LogP contribution in [0.2, 0.25) is 0 Å². The fourth-order valence-corrected chi connectivity index (χ4v) is 3.37. The molecule has 13 heteroatoms. The molecule has 4 aromatic rings. The number of halogens is 3. The van der Waals surface area contributed by atoms with E-state index in [-0.39, 0.29) is 30.0 Å². The van der Waals surface area contributed by atoms with Gasteiger partial charge in [-0.15, -0.1) is 8.78 Å². The van der Waals surface area contributed by atoms with Gasteiger partial charge < -0.3 is 19.7 Å². The van der Waals surface area contributed by atoms with Gasteiger partial charge in [0.25, 0.3) is 11.5 Å². The molecule has 3 heterocycles. The lowest BCUT2D eigenvalue weighted by Crippen LogP contribution is -2.17. The number of nitrogens with one attached hydrogen (secondary N) is 1. The van der Waals surface area contributed by atoms with Crippen LogP contribution in [0, 0.1) is 0 Å². The predicted octanol–water partition coefficient (Wildman–Crippen LogP) is 3.12. The van der Waals surface area contributed by atoms with E-state index in [0.29, 0.717) is 28.2 Å². The second-order valence-corrected chi connectivity index (χ2v) is 8.03. The summed E-state index contributed by atoms with van der Waals surface area (Å²) in [5.74, 6) is -0.716. The van der Waals surface area contributed by atoms with Crippen LogP contribution >= 0.6 is 11.6 Å². The molecule has 0 aliphatic heterocycles. The molecule has 0 saturated carbocycles. The van der Waals surface area contributed by atoms with Gasteiger partial charge in [0.05, 0.1) is 42.6 Å². The van der Waals surface area contributed by atoms with Gasteiger partial charge in [0.15, 0.2) is 0 Å². The molecule has 3 aromatic heterocycles. The zero-order valence-corrected chi connectivity index (χ0v) is 19.5. The molecule has 2 N–H and O–H groups in total. The van der Waals surface area contributed by atoms with Gasteiger partial charge in [-0.25, -0.2) is 4.98 Å². The van der Waals surface area contributed by atoms with E-state index < -0.39 is 11.5 Å². The SMILES string of the molecule is Cn1cnc(-c2cc(C(=O)Nc3ccc(OC(F)(F)Cl)cc3)cnc2-c2cnn(CCO)c2)cc1=O. The minimum Gasteiger partial charge on any atom is -0.420 e. The lowest BCUT2D eigenvalue weighted by Gasteiger charge is -2.12. The summed E-state index contributed by atoms with van der Waals surface area (Å²) in [4.78, 5) is 33.9. The highest BCUT2D eigenvalue weighted by molar-refractivity contribution is 6.20. The van der Waals surface area contributed by atoms with Gasteiger partial charge >= 0.3 is 5.57 Å². The number of ether oxygens (including phenoxy) is 1. The van der Waals surface area contributed by atoms with Gasteiger partial charge in [-0.1, -0.05) is 0 Å². The summed E-state index contributed by atoms with van der Waals surface area (Å²) in [6.45, 7) is 0.185. The number of aryl methyl sites for hydroxylation is 1. The number of hydrogen-bond donors (Lipinski definition) is 2. The monoisotopic (exact) mass is 516 g/mol. The number of aromatic nitrogens is 5. The molecule has 0 unspecified atom stereocenters. The molecule has 0 aliphatic carbocycles. The largest absolute Gasteiger partial charge is 0.487 e. The number of aliphatic hydroxyl groups is 1. The van der Waals surface area contributed by atoms with E-state index in [0.717, 1.165) is 0 Å². The molecule has 1 amide bonds. The van der Waals surface area contributed by atoms with E-state index in [1.807, 2.05) is 0 Å². The topological polar surface area (TPSA) is 124 Å². The molecule has 0 fully saturated rings. The van der Waals surface area contributed by atoms with Crippen molar-refractivity contribution in [2.75, 3.05) is 11.9 Å². The van der Waals surface area contributed by atoms with Crippen LogP contribution in [0.1, 0.15) is 10.4 Å². The molecule has 0 spiro atoms. The summed E-state index contributed by atoms with van der Waals surface area (Å²) >= 11 is 4.75. The smallest absolute Gasteiger partial charge is 0.420 e. The lowest BCUT2D eigenvalue weighted by molar-refractivity contribution is -0.0964. The molecule has 4 rings (SSSR count). The van der Waals surface area contributed by atoms with E-state index in [1.54, 1.807) is 19.4 Å². The van der Waals surface area contributed by atoms with Crippen LogP contribution in [-0.2, 0) is 13.6 Å². The number of rotatable bonds is 8. The fraction of sp³-hybridized carbons (Fsp3) is 0.174. The van der Waals surface area contributed by atoms with Crippen molar-refractivity contribution in [1.29, 1.82) is 0 Å². The van der Waals surface area contributed by atoms with E-state index in [4.69, 9.17) is 16.7 Å². The summed E-state index contributed by atoms with van der Waals surface area (Å²) in [6.07, 6.45) is 5.94. The van der Waals surface area contributed by atoms with Crippen molar-refractivity contribution in [3.63, 3.8) is 0 Å². The molecular weight excluding hydrogens is 498 g/mol. The second kappa shape index (κ2) is 10.2. The van der Waals surface area contributed by atoms with E-state index in [1.165, 1.54) is 58.2 Å². The first-order chi connectivity index (χ1) is 17.1. The number of aliphatic hydroxyl groups excluding tert-OH is 1. The third-order valence-electron chi connectivity index (χ3n) is 4.99. The number of carbonyl (C=O) groups is 1. The van der Waals surface area contributed by atoms with E-state index in [2.05, 4.69) is 25.1 Å².